The van der Waals surface area contributed by atoms with E-state index in [4.69, 9.17) is 5.73 Å². The summed E-state index contributed by atoms with van der Waals surface area (Å²) in [5, 5.41) is 48.7. The number of hydrogen-bond donors (Lipinski definition) is 6. The van der Waals surface area contributed by atoms with E-state index in [1.165, 1.54) is 4.90 Å². The number of phenols is 1. The van der Waals surface area contributed by atoms with Crippen LogP contribution >= 0.6 is 0 Å². The van der Waals surface area contributed by atoms with Crippen molar-refractivity contribution in [1.29, 1.82) is 0 Å². The number of aromatic hydroxyl groups is 1. The first-order valence-electron chi connectivity index (χ1n) is 12.9. The third-order valence-electron chi connectivity index (χ3n) is 9.30. The summed E-state index contributed by atoms with van der Waals surface area (Å²) in [6.07, 6.45) is 1.38. The van der Waals surface area contributed by atoms with Crippen LogP contribution in [0.3, 0.4) is 0 Å². The van der Waals surface area contributed by atoms with Gasteiger partial charge < -0.3 is 36.4 Å². The molecule has 1 aromatic carbocycles. The zero-order valence-electron chi connectivity index (χ0n) is 21.5. The van der Waals surface area contributed by atoms with Gasteiger partial charge in [-0.1, -0.05) is 0 Å². The van der Waals surface area contributed by atoms with E-state index in [-0.39, 0.29) is 35.8 Å². The van der Waals surface area contributed by atoms with Gasteiger partial charge in [-0.3, -0.25) is 19.3 Å². The Morgan fingerprint density at radius 3 is 2.61 bits per heavy atom. The summed E-state index contributed by atoms with van der Waals surface area (Å²) in [5.74, 6) is -6.02. The van der Waals surface area contributed by atoms with Crippen LogP contribution in [0.2, 0.25) is 0 Å². The maximum absolute atomic E-state index is 14.0. The van der Waals surface area contributed by atoms with Gasteiger partial charge >= 0.3 is 0 Å². The van der Waals surface area contributed by atoms with E-state index in [0.29, 0.717) is 11.5 Å². The maximum Gasteiger partial charge on any atom is 0.255 e. The topological polar surface area (TPSA) is 177 Å². The van der Waals surface area contributed by atoms with Crippen molar-refractivity contribution in [2.75, 3.05) is 39.1 Å². The molecule has 1 saturated heterocycles. The van der Waals surface area contributed by atoms with Crippen molar-refractivity contribution in [2.45, 2.75) is 36.9 Å². The van der Waals surface area contributed by atoms with Crippen LogP contribution in [0.15, 0.2) is 23.0 Å². The highest BCUT2D eigenvalue weighted by molar-refractivity contribution is 6.24. The fourth-order valence-electron chi connectivity index (χ4n) is 7.78. The molecule has 2 unspecified atom stereocenters. The van der Waals surface area contributed by atoms with Crippen molar-refractivity contribution < 1.29 is 34.8 Å². The fourth-order valence-corrected chi connectivity index (χ4v) is 7.78. The molecule has 0 bridgehead atoms. The summed E-state index contributed by atoms with van der Waals surface area (Å²) in [5.41, 5.74) is 4.46. The lowest BCUT2D eigenvalue weighted by Crippen LogP contribution is -2.65. The second-order valence-electron chi connectivity index (χ2n) is 11.5. The second kappa shape index (κ2) is 8.05. The summed E-state index contributed by atoms with van der Waals surface area (Å²) in [6.45, 7) is 1.67. The van der Waals surface area contributed by atoms with E-state index in [9.17, 15) is 34.8 Å². The van der Waals surface area contributed by atoms with E-state index in [1.54, 1.807) is 20.2 Å². The van der Waals surface area contributed by atoms with Gasteiger partial charge in [0, 0.05) is 36.8 Å². The molecule has 1 amide bonds. The van der Waals surface area contributed by atoms with Crippen molar-refractivity contribution in [2.24, 2.45) is 23.5 Å². The number of Topliss-reactive ketones (excluding diaryl/α,β-unsaturated/α-hetero) is 2. The minimum atomic E-state index is -2.63. The van der Waals surface area contributed by atoms with E-state index in [1.807, 2.05) is 7.05 Å². The van der Waals surface area contributed by atoms with Gasteiger partial charge in [-0.25, -0.2) is 0 Å². The van der Waals surface area contributed by atoms with Crippen molar-refractivity contribution in [1.82, 2.24) is 10.2 Å². The van der Waals surface area contributed by atoms with Crippen LogP contribution < -0.4 is 16.0 Å². The number of nitrogens with one attached hydrogen (secondary N) is 1. The monoisotopic (exact) mass is 524 g/mol. The molecule has 0 aromatic heterocycles. The second-order valence-corrected chi connectivity index (χ2v) is 11.5. The number of likely N-dealkylation sites (N-methyl/N-ethyl adjacent to an activating group) is 1. The predicted molar refractivity (Wildman–Crippen MR) is 136 cm³/mol. The van der Waals surface area contributed by atoms with Gasteiger partial charge in [0.1, 0.15) is 22.8 Å². The number of aliphatic hydroxyl groups is 3. The number of nitrogens with two attached hydrogens (primary N) is 1. The Balaban J connectivity index is 1.56. The number of carbonyl (C=O) groups is 3. The van der Waals surface area contributed by atoms with Gasteiger partial charge in [0.15, 0.2) is 11.4 Å². The van der Waals surface area contributed by atoms with Crippen molar-refractivity contribution in [3.8, 4) is 5.75 Å². The number of carbonyl (C=O) groups excluding carboxylic acids is 3. The molecule has 2 aliphatic heterocycles. The number of amides is 1. The lowest BCUT2D eigenvalue weighted by Gasteiger charge is -2.50. The largest absolute Gasteiger partial charge is 0.508 e. The zero-order chi connectivity index (χ0) is 27.4. The van der Waals surface area contributed by atoms with Crippen LogP contribution in [0.4, 0.5) is 5.69 Å². The first kappa shape index (κ1) is 24.9. The molecule has 2 heterocycles. The van der Waals surface area contributed by atoms with Crippen LogP contribution in [0, 0.1) is 17.8 Å². The molecule has 11 nitrogen and oxygen atoms in total. The molecular formula is C27H32N4O7. The van der Waals surface area contributed by atoms with Crippen molar-refractivity contribution in [3.05, 3.63) is 39.7 Å². The highest BCUT2D eigenvalue weighted by atomic mass is 16.3. The molecule has 2 fully saturated rings. The molecule has 38 heavy (non-hydrogen) atoms. The molecule has 0 radical (unpaired) electrons. The molecule has 6 rings (SSSR count). The van der Waals surface area contributed by atoms with E-state index in [0.717, 1.165) is 30.8 Å². The number of rotatable bonds is 2. The number of primary amides is 1. The normalized spacial score (nSPS) is 34.1. The summed E-state index contributed by atoms with van der Waals surface area (Å²) < 4.78 is 0. The van der Waals surface area contributed by atoms with Crippen molar-refractivity contribution in [3.63, 3.8) is 0 Å². The van der Waals surface area contributed by atoms with Gasteiger partial charge in [0.05, 0.1) is 11.6 Å². The van der Waals surface area contributed by atoms with Gasteiger partial charge in [-0.05, 0) is 68.9 Å². The Labute approximate surface area is 219 Å². The molecule has 1 aromatic rings. The van der Waals surface area contributed by atoms with E-state index in [2.05, 4.69) is 10.2 Å². The van der Waals surface area contributed by atoms with Crippen molar-refractivity contribution >= 4 is 28.9 Å². The van der Waals surface area contributed by atoms with Gasteiger partial charge in [-0.2, -0.15) is 0 Å². The first-order chi connectivity index (χ1) is 17.9. The number of anilines is 1. The van der Waals surface area contributed by atoms with Gasteiger partial charge in [0.2, 0.25) is 5.78 Å². The minimum Gasteiger partial charge on any atom is -0.508 e. The molecule has 202 valence electrons. The van der Waals surface area contributed by atoms with Crippen LogP contribution in [0.1, 0.15) is 35.6 Å². The Morgan fingerprint density at radius 1 is 1.24 bits per heavy atom. The maximum atomic E-state index is 14.0. The molecule has 7 N–H and O–H groups in total. The third kappa shape index (κ3) is 2.97. The molecule has 5 aliphatic rings. The Morgan fingerprint density at radius 2 is 1.95 bits per heavy atom. The molecule has 1 saturated carbocycles. The summed E-state index contributed by atoms with van der Waals surface area (Å²) in [4.78, 5) is 42.9. The number of aliphatic hydroxyl groups excluding tert-OH is 2. The molecule has 6 atom stereocenters. The van der Waals surface area contributed by atoms with Crippen LogP contribution in [0.5, 0.6) is 5.75 Å². The van der Waals surface area contributed by atoms with Crippen LogP contribution in [-0.4, -0.2) is 88.7 Å². The summed E-state index contributed by atoms with van der Waals surface area (Å²) >= 11 is 0. The highest BCUT2D eigenvalue weighted by Crippen LogP contribution is 2.55. The molecular weight excluding hydrogens is 492 g/mol. The fraction of sp³-hybridized carbons (Fsp3) is 0.519. The number of phenolic OH excluding ortho intramolecular Hbond substituents is 1. The molecule has 3 aliphatic carbocycles. The first-order valence-corrected chi connectivity index (χ1v) is 12.9. The number of ketones is 2. The molecule has 11 heteroatoms. The quantitative estimate of drug-likeness (QED) is 0.290. The smallest absolute Gasteiger partial charge is 0.255 e. The standard InChI is InChI=1S/C27H32N4O7/c1-30(2)21-14-7-11-6-12-17(15(32)8-13-19-10(4-5-29-19)9-31(3)20(12)13)22(33)16(11)24(35)27(14,38)25(36)18(23(21)34)26(28)37/h8,10-11,14,19,21,29,32-33,36,38H,4-7,9H2,1-3H3,(H2,28,37)/t10?,11-,14-,19?,21+,27+/m1/s1. The summed E-state index contributed by atoms with van der Waals surface area (Å²) in [6, 6.07) is 0.606. The predicted octanol–water partition coefficient (Wildman–Crippen LogP) is 0.0644. The lowest BCUT2D eigenvalue weighted by atomic mass is 9.57. The van der Waals surface area contributed by atoms with Crippen LogP contribution in [-0.2, 0) is 20.8 Å². The van der Waals surface area contributed by atoms with Gasteiger partial charge in [-0.15, -0.1) is 0 Å². The number of benzene rings is 1. The third-order valence-corrected chi connectivity index (χ3v) is 9.30. The lowest BCUT2D eigenvalue weighted by molar-refractivity contribution is -0.153. The number of nitrogens with zero attached hydrogens (tertiary/aromatic N) is 2. The average Bonchev–Trinajstić information content (AvgIpc) is 3.29. The minimum absolute atomic E-state index is 0.0736. The highest BCUT2D eigenvalue weighted by Gasteiger charge is 2.64. The average molecular weight is 525 g/mol. The van der Waals surface area contributed by atoms with E-state index >= 15 is 0 Å². The Bertz CT molecular complexity index is 1380. The van der Waals surface area contributed by atoms with Crippen LogP contribution in [0.25, 0.3) is 5.76 Å². The van der Waals surface area contributed by atoms with E-state index < -0.39 is 58.0 Å². The number of hydrogen-bond acceptors (Lipinski definition) is 10. The van der Waals surface area contributed by atoms with Gasteiger partial charge in [0.25, 0.3) is 5.91 Å². The SMILES string of the molecule is CN1CC2CCNC2c2cc(O)c3c(c21)C[C@@H]1C[C@@H]2[C@H](N(C)C)C(=O)C(C(N)=O)=C(O)[C@@]2(O)C(=O)C1=C3O. The Kier molecular flexibility index (Phi) is 5.27. The summed E-state index contributed by atoms with van der Waals surface area (Å²) in [7, 11) is 5.14. The Hall–Kier alpha value is -3.41. The number of fused-ring (bicyclic) bond motifs is 7. The molecule has 0 spiro atoms. The zero-order valence-corrected chi connectivity index (χ0v) is 21.5.